The summed E-state index contributed by atoms with van der Waals surface area (Å²) in [5, 5.41) is 5.42. The summed E-state index contributed by atoms with van der Waals surface area (Å²) in [6, 6.07) is 13.8. The number of benzene rings is 2. The van der Waals surface area contributed by atoms with Crippen molar-refractivity contribution < 1.29 is 19.1 Å². The minimum Gasteiger partial charge on any atom is -0.444 e. The van der Waals surface area contributed by atoms with Crippen molar-refractivity contribution in [1.29, 1.82) is 0 Å². The molecule has 2 N–H and O–H groups in total. The lowest BCUT2D eigenvalue weighted by Gasteiger charge is -2.31. The second-order valence-corrected chi connectivity index (χ2v) is 8.62. The van der Waals surface area contributed by atoms with Crippen LogP contribution in [0.4, 0.5) is 10.5 Å². The number of nitrogens with one attached hydrogen (secondary N) is 2. The maximum Gasteiger partial charge on any atom is 0.408 e. The van der Waals surface area contributed by atoms with Gasteiger partial charge in [-0.25, -0.2) is 4.79 Å². The van der Waals surface area contributed by atoms with E-state index in [9.17, 15) is 14.4 Å². The Hall–Kier alpha value is -3.61. The second-order valence-electron chi connectivity index (χ2n) is 8.62. The minimum absolute atomic E-state index is 0.263. The van der Waals surface area contributed by atoms with Gasteiger partial charge in [0.15, 0.2) is 0 Å². The van der Waals surface area contributed by atoms with Crippen molar-refractivity contribution in [3.8, 4) is 0 Å². The Morgan fingerprint density at radius 1 is 1.12 bits per heavy atom. The molecule has 0 bridgehead atoms. The summed E-state index contributed by atoms with van der Waals surface area (Å²) in [7, 11) is 0. The van der Waals surface area contributed by atoms with Crippen LogP contribution < -0.4 is 10.6 Å². The lowest BCUT2D eigenvalue weighted by atomic mass is 10.0. The average molecular weight is 452 g/mol. The van der Waals surface area contributed by atoms with Gasteiger partial charge in [0.05, 0.1) is 0 Å². The van der Waals surface area contributed by atoms with Crippen molar-refractivity contribution in [2.24, 2.45) is 0 Å². The highest BCUT2D eigenvalue weighted by atomic mass is 16.6. The van der Waals surface area contributed by atoms with Crippen molar-refractivity contribution in [2.45, 2.75) is 46.3 Å². The normalized spacial score (nSPS) is 11.8. The fourth-order valence-electron chi connectivity index (χ4n) is 3.31. The quantitative estimate of drug-likeness (QED) is 0.609. The highest BCUT2D eigenvalue weighted by molar-refractivity contribution is 5.99. The van der Waals surface area contributed by atoms with Crippen LogP contribution in [-0.4, -0.2) is 41.5 Å². The maximum atomic E-state index is 13.5. The Morgan fingerprint density at radius 3 is 2.42 bits per heavy atom. The number of rotatable bonds is 8. The van der Waals surface area contributed by atoms with Crippen molar-refractivity contribution in [3.63, 3.8) is 0 Å². The number of para-hydroxylation sites is 1. The first-order chi connectivity index (χ1) is 15.6. The molecule has 0 spiro atoms. The van der Waals surface area contributed by atoms with Crippen molar-refractivity contribution in [2.75, 3.05) is 18.4 Å². The number of ether oxygens (including phenoxy) is 1. The molecule has 2 aromatic rings. The van der Waals surface area contributed by atoms with Crippen LogP contribution in [0, 0.1) is 6.92 Å². The molecule has 0 aliphatic rings. The number of likely N-dealkylation sites (N-methyl/N-ethyl adjacent to an activating group) is 1. The van der Waals surface area contributed by atoms with Gasteiger partial charge in [-0.3, -0.25) is 9.59 Å². The van der Waals surface area contributed by atoms with E-state index in [0.29, 0.717) is 11.3 Å². The number of carbonyl (C=O) groups is 3. The van der Waals surface area contributed by atoms with Crippen molar-refractivity contribution in [1.82, 2.24) is 10.2 Å². The van der Waals surface area contributed by atoms with Gasteiger partial charge in [0.1, 0.15) is 18.2 Å². The summed E-state index contributed by atoms with van der Waals surface area (Å²) in [4.78, 5) is 40.0. The van der Waals surface area contributed by atoms with Gasteiger partial charge in [-0.15, -0.1) is 0 Å². The molecule has 33 heavy (non-hydrogen) atoms. The van der Waals surface area contributed by atoms with Gasteiger partial charge in [-0.2, -0.15) is 0 Å². The fraction of sp³-hybridized carbons (Fsp3) is 0.346. The molecular weight excluding hydrogens is 418 g/mol. The van der Waals surface area contributed by atoms with E-state index >= 15 is 0 Å². The summed E-state index contributed by atoms with van der Waals surface area (Å²) in [5.74, 6) is -0.754. The predicted octanol–water partition coefficient (Wildman–Crippen LogP) is 4.69. The van der Waals surface area contributed by atoms with Crippen LogP contribution in [0.15, 0.2) is 55.1 Å². The van der Waals surface area contributed by atoms with Crippen LogP contribution in [0.1, 0.15) is 50.4 Å². The summed E-state index contributed by atoms with van der Waals surface area (Å²) in [5.41, 5.74) is 2.37. The highest BCUT2D eigenvalue weighted by Gasteiger charge is 2.31. The second kappa shape index (κ2) is 11.3. The molecule has 0 saturated heterocycles. The van der Waals surface area contributed by atoms with Crippen LogP contribution >= 0.6 is 0 Å². The molecule has 0 radical (unpaired) electrons. The van der Waals surface area contributed by atoms with Gasteiger partial charge in [0.2, 0.25) is 5.91 Å². The Labute approximate surface area is 195 Å². The summed E-state index contributed by atoms with van der Waals surface area (Å²) in [6.07, 6.45) is 0.989. The summed E-state index contributed by atoms with van der Waals surface area (Å²) < 4.78 is 5.21. The number of carbonyl (C=O) groups excluding carboxylic acids is 3. The van der Waals surface area contributed by atoms with E-state index < -0.39 is 23.6 Å². The number of hydrogen-bond acceptors (Lipinski definition) is 4. The van der Waals surface area contributed by atoms with Crippen molar-refractivity contribution >= 4 is 29.7 Å². The minimum atomic E-state index is -0.901. The predicted molar refractivity (Wildman–Crippen MR) is 131 cm³/mol. The third kappa shape index (κ3) is 7.49. The number of amides is 3. The number of aryl methyl sites for hydroxylation is 1. The first kappa shape index (κ1) is 25.6. The van der Waals surface area contributed by atoms with E-state index in [1.165, 1.54) is 4.90 Å². The molecule has 0 aromatic heterocycles. The lowest BCUT2D eigenvalue weighted by molar-refractivity contribution is -0.138. The van der Waals surface area contributed by atoms with E-state index in [1.807, 2.05) is 49.4 Å². The SMILES string of the molecule is C=Cc1cccc(C(C(=O)Nc2ccccc2C)N(CC)C(=O)CNC(=O)OC(C)(C)C)c1. The summed E-state index contributed by atoms with van der Waals surface area (Å²) >= 11 is 0. The average Bonchev–Trinajstić information content (AvgIpc) is 2.76. The van der Waals surface area contributed by atoms with Crippen LogP contribution in [-0.2, 0) is 14.3 Å². The standard InChI is InChI=1S/C26H33N3O4/c1-7-19-13-11-14-20(16-19)23(24(31)28-21-15-10-9-12-18(21)3)29(8-2)22(30)17-27-25(32)33-26(4,5)6/h7,9-16,23H,1,8,17H2,2-6H3,(H,27,32)(H,28,31). The molecule has 1 atom stereocenters. The first-order valence-electron chi connectivity index (χ1n) is 10.9. The van der Waals surface area contributed by atoms with E-state index in [0.717, 1.165) is 11.1 Å². The molecule has 0 aliphatic heterocycles. The molecule has 2 rings (SSSR count). The number of nitrogens with zero attached hydrogens (tertiary/aromatic N) is 1. The van der Waals surface area contributed by atoms with Gasteiger partial charge >= 0.3 is 6.09 Å². The molecule has 3 amide bonds. The smallest absolute Gasteiger partial charge is 0.408 e. The van der Waals surface area contributed by atoms with E-state index in [2.05, 4.69) is 17.2 Å². The molecule has 0 heterocycles. The molecule has 0 fully saturated rings. The Bertz CT molecular complexity index is 1010. The lowest BCUT2D eigenvalue weighted by Crippen LogP contribution is -2.46. The van der Waals surface area contributed by atoms with Crippen LogP contribution in [0.2, 0.25) is 0 Å². The van der Waals surface area contributed by atoms with Gasteiger partial charge in [-0.1, -0.05) is 49.1 Å². The number of hydrogen-bond donors (Lipinski definition) is 2. The molecular formula is C26H33N3O4. The number of alkyl carbamates (subject to hydrolysis) is 1. The monoisotopic (exact) mass is 451 g/mol. The Balaban J connectivity index is 2.32. The third-order valence-electron chi connectivity index (χ3n) is 4.87. The topological polar surface area (TPSA) is 87.7 Å². The van der Waals surface area contributed by atoms with E-state index in [1.54, 1.807) is 39.8 Å². The number of anilines is 1. The highest BCUT2D eigenvalue weighted by Crippen LogP contribution is 2.25. The molecule has 2 aromatic carbocycles. The van der Waals surface area contributed by atoms with Gasteiger partial charge < -0.3 is 20.3 Å². The Kier molecular flexibility index (Phi) is 8.79. The van der Waals surface area contributed by atoms with Gasteiger partial charge in [-0.05, 0) is 63.4 Å². The van der Waals surface area contributed by atoms with Crippen molar-refractivity contribution in [3.05, 3.63) is 71.8 Å². The van der Waals surface area contributed by atoms with Gasteiger partial charge in [0, 0.05) is 12.2 Å². The molecule has 1 unspecified atom stereocenters. The van der Waals surface area contributed by atoms with Crippen LogP contribution in [0.25, 0.3) is 6.08 Å². The van der Waals surface area contributed by atoms with E-state index in [4.69, 9.17) is 4.74 Å². The Morgan fingerprint density at radius 2 is 1.82 bits per heavy atom. The van der Waals surface area contributed by atoms with Crippen LogP contribution in [0.3, 0.4) is 0 Å². The zero-order valence-electron chi connectivity index (χ0n) is 20.0. The fourth-order valence-corrected chi connectivity index (χ4v) is 3.31. The van der Waals surface area contributed by atoms with Crippen LogP contribution in [0.5, 0.6) is 0 Å². The molecule has 7 heteroatoms. The molecule has 0 saturated carbocycles. The van der Waals surface area contributed by atoms with Gasteiger partial charge in [0.25, 0.3) is 5.91 Å². The molecule has 7 nitrogen and oxygen atoms in total. The zero-order valence-corrected chi connectivity index (χ0v) is 20.0. The summed E-state index contributed by atoms with van der Waals surface area (Å²) in [6.45, 7) is 12.7. The zero-order chi connectivity index (χ0) is 24.6. The maximum absolute atomic E-state index is 13.5. The molecule has 176 valence electrons. The third-order valence-corrected chi connectivity index (χ3v) is 4.87. The first-order valence-corrected chi connectivity index (χ1v) is 10.9. The molecule has 0 aliphatic carbocycles. The van der Waals surface area contributed by atoms with E-state index in [-0.39, 0.29) is 19.0 Å². The largest absolute Gasteiger partial charge is 0.444 e.